The Kier molecular flexibility index (Phi) is 4.88. The van der Waals surface area contributed by atoms with Gasteiger partial charge in [0.05, 0.1) is 6.54 Å². The van der Waals surface area contributed by atoms with Crippen molar-refractivity contribution in [1.29, 1.82) is 0 Å². The molecule has 0 aliphatic carbocycles. The summed E-state index contributed by atoms with van der Waals surface area (Å²) < 4.78 is 1.86. The maximum Gasteiger partial charge on any atom is 0.270 e. The van der Waals surface area contributed by atoms with Gasteiger partial charge in [-0.1, -0.05) is 18.2 Å². The Labute approximate surface area is 159 Å². The van der Waals surface area contributed by atoms with Gasteiger partial charge in [-0.3, -0.25) is 9.59 Å². The van der Waals surface area contributed by atoms with Gasteiger partial charge in [-0.15, -0.1) is 0 Å². The first kappa shape index (κ1) is 17.6. The van der Waals surface area contributed by atoms with E-state index in [1.807, 2.05) is 16.8 Å². The van der Waals surface area contributed by atoms with Crippen LogP contribution in [0.5, 0.6) is 0 Å². The highest BCUT2D eigenvalue weighted by Crippen LogP contribution is 2.26. The molecule has 0 spiro atoms. The summed E-state index contributed by atoms with van der Waals surface area (Å²) in [6.45, 7) is 3.13. The van der Waals surface area contributed by atoms with Crippen molar-refractivity contribution in [3.8, 4) is 0 Å². The first-order chi connectivity index (χ1) is 13.1. The highest BCUT2D eigenvalue weighted by Gasteiger charge is 2.33. The Bertz CT molecular complexity index is 844. The molecule has 0 radical (unpaired) electrons. The lowest BCUT2D eigenvalue weighted by Crippen LogP contribution is -2.53. The van der Waals surface area contributed by atoms with Crippen LogP contribution in [0.15, 0.2) is 42.6 Å². The predicted octanol–water partition coefficient (Wildman–Crippen LogP) is 1.90. The second-order valence-corrected chi connectivity index (χ2v) is 7.34. The molecule has 6 heteroatoms. The van der Waals surface area contributed by atoms with E-state index in [1.165, 1.54) is 17.7 Å². The fourth-order valence-electron chi connectivity index (χ4n) is 4.10. The molecule has 1 N–H and O–H groups in total. The molecular weight excluding hydrogens is 340 g/mol. The number of aromatic nitrogens is 1. The first-order valence-corrected chi connectivity index (χ1v) is 9.68. The molecule has 1 unspecified atom stereocenters. The van der Waals surface area contributed by atoms with Crippen LogP contribution in [0, 0.1) is 0 Å². The summed E-state index contributed by atoms with van der Waals surface area (Å²) in [5.41, 5.74) is 3.38. The van der Waals surface area contributed by atoms with Gasteiger partial charge in [-0.2, -0.15) is 0 Å². The summed E-state index contributed by atoms with van der Waals surface area (Å²) in [5.74, 6) is -0.180. The molecule has 2 aliphatic heterocycles. The number of hydrogen-bond donors (Lipinski definition) is 1. The van der Waals surface area contributed by atoms with E-state index in [9.17, 15) is 9.59 Å². The number of benzene rings is 1. The van der Waals surface area contributed by atoms with Crippen LogP contribution < -0.4 is 10.2 Å². The van der Waals surface area contributed by atoms with Gasteiger partial charge in [0.2, 0.25) is 5.91 Å². The van der Waals surface area contributed by atoms with Gasteiger partial charge in [-0.05, 0) is 43.0 Å². The van der Waals surface area contributed by atoms with Gasteiger partial charge in [-0.25, -0.2) is 0 Å². The molecule has 3 heterocycles. The van der Waals surface area contributed by atoms with Crippen molar-refractivity contribution >= 4 is 17.5 Å². The highest BCUT2D eigenvalue weighted by atomic mass is 16.2. The number of aryl methyl sites for hydroxylation is 1. The van der Waals surface area contributed by atoms with E-state index in [-0.39, 0.29) is 11.8 Å². The van der Waals surface area contributed by atoms with Crippen molar-refractivity contribution in [1.82, 2.24) is 14.8 Å². The van der Waals surface area contributed by atoms with E-state index < -0.39 is 6.04 Å². The van der Waals surface area contributed by atoms with Crippen LogP contribution in [0.2, 0.25) is 0 Å². The lowest BCUT2D eigenvalue weighted by Gasteiger charge is -2.33. The largest absolute Gasteiger partial charge is 0.371 e. The molecule has 0 saturated heterocycles. The number of likely N-dealkylation sites (N-methyl/N-ethyl adjacent to an activating group) is 1. The molecular formula is C21H26N4O2. The lowest BCUT2D eigenvalue weighted by atomic mass is 10.0. The first-order valence-electron chi connectivity index (χ1n) is 9.68. The number of hydrogen-bond acceptors (Lipinski definition) is 3. The van der Waals surface area contributed by atoms with E-state index in [1.54, 1.807) is 18.0 Å². The maximum atomic E-state index is 12.6. The van der Waals surface area contributed by atoms with Crippen LogP contribution in [-0.4, -0.2) is 54.0 Å². The molecule has 2 amide bonds. The van der Waals surface area contributed by atoms with Crippen LogP contribution in [-0.2, 0) is 17.8 Å². The minimum Gasteiger partial charge on any atom is -0.371 e. The third kappa shape index (κ3) is 3.44. The fraction of sp³-hybridized carbons (Fsp3) is 0.429. The van der Waals surface area contributed by atoms with Gasteiger partial charge in [0, 0.05) is 38.6 Å². The Morgan fingerprint density at radius 2 is 2.07 bits per heavy atom. The molecule has 1 aromatic carbocycles. The van der Waals surface area contributed by atoms with Crippen LogP contribution >= 0.6 is 0 Å². The maximum absolute atomic E-state index is 12.6. The Morgan fingerprint density at radius 1 is 1.22 bits per heavy atom. The summed E-state index contributed by atoms with van der Waals surface area (Å²) in [7, 11) is 1.70. The number of fused-ring (bicyclic) bond motifs is 2. The van der Waals surface area contributed by atoms with E-state index in [4.69, 9.17) is 0 Å². The number of carbonyl (C=O) groups excluding carboxylic acids is 2. The summed E-state index contributed by atoms with van der Waals surface area (Å²) in [4.78, 5) is 28.9. The van der Waals surface area contributed by atoms with Crippen molar-refractivity contribution in [3.05, 3.63) is 53.9 Å². The molecule has 4 rings (SSSR count). The molecule has 6 nitrogen and oxygen atoms in total. The zero-order valence-electron chi connectivity index (χ0n) is 15.7. The number of para-hydroxylation sites is 1. The molecule has 1 aromatic heterocycles. The lowest BCUT2D eigenvalue weighted by molar-refractivity contribution is -0.126. The summed E-state index contributed by atoms with van der Waals surface area (Å²) >= 11 is 0. The minimum atomic E-state index is -0.451. The fourth-order valence-corrected chi connectivity index (χ4v) is 4.10. The minimum absolute atomic E-state index is 0.0794. The van der Waals surface area contributed by atoms with Gasteiger partial charge in [0.1, 0.15) is 11.7 Å². The number of rotatable bonds is 5. The normalized spacial score (nSPS) is 18.9. The van der Waals surface area contributed by atoms with E-state index in [2.05, 4.69) is 34.5 Å². The number of amides is 2. The third-order valence-electron chi connectivity index (χ3n) is 5.62. The van der Waals surface area contributed by atoms with Crippen LogP contribution in [0.1, 0.15) is 28.9 Å². The molecule has 1 atom stereocenters. The highest BCUT2D eigenvalue weighted by molar-refractivity contribution is 5.97. The molecule has 0 saturated carbocycles. The summed E-state index contributed by atoms with van der Waals surface area (Å²) in [5, 5.41) is 3.02. The second kappa shape index (κ2) is 7.47. The van der Waals surface area contributed by atoms with Crippen LogP contribution in [0.3, 0.4) is 0 Å². The molecule has 2 aliphatic rings. The van der Waals surface area contributed by atoms with Crippen LogP contribution in [0.25, 0.3) is 0 Å². The number of carbonyl (C=O) groups is 2. The van der Waals surface area contributed by atoms with Crippen molar-refractivity contribution in [3.63, 3.8) is 0 Å². The van der Waals surface area contributed by atoms with E-state index in [0.717, 1.165) is 25.9 Å². The van der Waals surface area contributed by atoms with Gasteiger partial charge in [0.15, 0.2) is 0 Å². The molecule has 0 bridgehead atoms. The molecule has 142 valence electrons. The number of nitrogens with zero attached hydrogens (tertiary/aromatic N) is 3. The van der Waals surface area contributed by atoms with Crippen LogP contribution in [0.4, 0.5) is 5.69 Å². The summed E-state index contributed by atoms with van der Waals surface area (Å²) in [6, 6.07) is 11.8. The quantitative estimate of drug-likeness (QED) is 0.823. The Balaban J connectivity index is 1.29. The molecule has 2 aromatic rings. The second-order valence-electron chi connectivity index (χ2n) is 7.34. The topological polar surface area (TPSA) is 57.6 Å². The van der Waals surface area contributed by atoms with Crippen molar-refractivity contribution in [2.45, 2.75) is 31.8 Å². The van der Waals surface area contributed by atoms with Gasteiger partial charge in [0.25, 0.3) is 5.91 Å². The van der Waals surface area contributed by atoms with Gasteiger partial charge >= 0.3 is 0 Å². The summed E-state index contributed by atoms with van der Waals surface area (Å²) in [6.07, 6.45) is 5.07. The standard InChI is InChI=1S/C21H26N4O2/c1-23-19(15-25-13-5-10-18(25)21(23)27)20(26)22-11-6-14-24-12-4-8-16-7-2-3-9-17(16)24/h2-3,5,7,9-10,13,19H,4,6,8,11-12,14-15H2,1H3,(H,22,26). The van der Waals surface area contributed by atoms with Crippen molar-refractivity contribution in [2.24, 2.45) is 0 Å². The SMILES string of the molecule is CN1C(=O)c2cccn2CC1C(=O)NCCCN1CCCc2ccccc21. The average Bonchev–Trinajstić information content (AvgIpc) is 3.17. The Hall–Kier alpha value is -2.76. The molecule has 0 fully saturated rings. The van der Waals surface area contributed by atoms with Crippen molar-refractivity contribution in [2.75, 3.05) is 31.6 Å². The van der Waals surface area contributed by atoms with Gasteiger partial charge < -0.3 is 19.7 Å². The average molecular weight is 366 g/mol. The Morgan fingerprint density at radius 3 is 2.96 bits per heavy atom. The zero-order chi connectivity index (χ0) is 18.8. The zero-order valence-corrected chi connectivity index (χ0v) is 15.7. The predicted molar refractivity (Wildman–Crippen MR) is 105 cm³/mol. The number of nitrogens with one attached hydrogen (secondary N) is 1. The molecule has 27 heavy (non-hydrogen) atoms. The van der Waals surface area contributed by atoms with Crippen molar-refractivity contribution < 1.29 is 9.59 Å². The smallest absolute Gasteiger partial charge is 0.270 e. The monoisotopic (exact) mass is 366 g/mol. The third-order valence-corrected chi connectivity index (χ3v) is 5.62. The van der Waals surface area contributed by atoms with E-state index >= 15 is 0 Å². The number of anilines is 1. The van der Waals surface area contributed by atoms with E-state index in [0.29, 0.717) is 18.8 Å².